The molecule has 0 saturated carbocycles. The summed E-state index contributed by atoms with van der Waals surface area (Å²) in [7, 11) is 4.50. The van der Waals surface area contributed by atoms with Crippen LogP contribution in [0.4, 0.5) is 0 Å². The van der Waals surface area contributed by atoms with Gasteiger partial charge in [0.05, 0.1) is 27.8 Å². The lowest BCUT2D eigenvalue weighted by Crippen LogP contribution is -2.20. The van der Waals surface area contributed by atoms with E-state index in [9.17, 15) is 15.0 Å². The molecule has 132 valence electrons. The second-order valence-electron chi connectivity index (χ2n) is 5.53. The third kappa shape index (κ3) is 2.88. The summed E-state index contributed by atoms with van der Waals surface area (Å²) < 4.78 is 21.8. The first-order valence-electron chi connectivity index (χ1n) is 7.54. The van der Waals surface area contributed by atoms with Crippen molar-refractivity contribution in [3.63, 3.8) is 0 Å². The van der Waals surface area contributed by atoms with Crippen LogP contribution >= 0.6 is 0 Å². The lowest BCUT2D eigenvalue weighted by Gasteiger charge is -2.27. The van der Waals surface area contributed by atoms with Crippen LogP contribution in [0.3, 0.4) is 0 Å². The molecule has 0 unspecified atom stereocenters. The SMILES string of the molecule is COc1cc([C@@H]2CC(=O)c3c(O)cc(O)cc3O2)cc(OC)c1OC. The average Bonchev–Trinajstić information content (AvgIpc) is 2.59. The van der Waals surface area contributed by atoms with Gasteiger partial charge in [-0.15, -0.1) is 0 Å². The van der Waals surface area contributed by atoms with Crippen LogP contribution in [-0.4, -0.2) is 37.3 Å². The fraction of sp³-hybridized carbons (Fsp3) is 0.278. The topological polar surface area (TPSA) is 94.5 Å². The molecular formula is C18H18O7. The fourth-order valence-corrected chi connectivity index (χ4v) is 2.90. The molecule has 1 aliphatic heterocycles. The van der Waals surface area contributed by atoms with E-state index in [1.54, 1.807) is 12.1 Å². The molecule has 1 heterocycles. The first kappa shape index (κ1) is 16.8. The standard InChI is InChI=1S/C18H18O7/c1-22-15-4-9(5-16(23-2)18(15)24-3)13-8-12(21)17-11(20)6-10(19)7-14(17)25-13/h4-7,13,19-20H,8H2,1-3H3/t13-/m0/s1. The molecule has 0 bridgehead atoms. The Morgan fingerprint density at radius 3 is 2.20 bits per heavy atom. The van der Waals surface area contributed by atoms with Gasteiger partial charge in [-0.2, -0.15) is 0 Å². The van der Waals surface area contributed by atoms with E-state index >= 15 is 0 Å². The summed E-state index contributed by atoms with van der Waals surface area (Å²) >= 11 is 0. The highest BCUT2D eigenvalue weighted by atomic mass is 16.5. The minimum atomic E-state index is -0.616. The Balaban J connectivity index is 2.05. The summed E-state index contributed by atoms with van der Waals surface area (Å²) in [6.45, 7) is 0. The van der Waals surface area contributed by atoms with Crippen LogP contribution < -0.4 is 18.9 Å². The van der Waals surface area contributed by atoms with Gasteiger partial charge in [0, 0.05) is 17.7 Å². The second kappa shape index (κ2) is 6.43. The van der Waals surface area contributed by atoms with Crippen molar-refractivity contribution in [3.8, 4) is 34.5 Å². The molecule has 25 heavy (non-hydrogen) atoms. The van der Waals surface area contributed by atoms with Crippen molar-refractivity contribution >= 4 is 5.78 Å². The molecule has 0 amide bonds. The molecular weight excluding hydrogens is 328 g/mol. The zero-order valence-corrected chi connectivity index (χ0v) is 14.0. The lowest BCUT2D eigenvalue weighted by molar-refractivity contribution is 0.0844. The first-order chi connectivity index (χ1) is 12.0. The van der Waals surface area contributed by atoms with Crippen molar-refractivity contribution in [2.45, 2.75) is 12.5 Å². The highest BCUT2D eigenvalue weighted by Crippen LogP contribution is 2.45. The van der Waals surface area contributed by atoms with Crippen LogP contribution in [0.25, 0.3) is 0 Å². The number of Topliss-reactive ketones (excluding diaryl/α,β-unsaturated/α-hetero) is 1. The largest absolute Gasteiger partial charge is 0.508 e. The highest BCUT2D eigenvalue weighted by Gasteiger charge is 2.32. The number of hydrogen-bond acceptors (Lipinski definition) is 7. The van der Waals surface area contributed by atoms with E-state index in [-0.39, 0.29) is 35.0 Å². The average molecular weight is 346 g/mol. The molecule has 0 radical (unpaired) electrons. The Kier molecular flexibility index (Phi) is 4.31. The summed E-state index contributed by atoms with van der Waals surface area (Å²) in [5, 5.41) is 19.5. The van der Waals surface area contributed by atoms with E-state index in [0.29, 0.717) is 22.8 Å². The van der Waals surface area contributed by atoms with Gasteiger partial charge in [-0.3, -0.25) is 4.79 Å². The molecule has 1 aliphatic rings. The van der Waals surface area contributed by atoms with Crippen molar-refractivity contribution in [3.05, 3.63) is 35.4 Å². The van der Waals surface area contributed by atoms with Crippen molar-refractivity contribution in [1.82, 2.24) is 0 Å². The van der Waals surface area contributed by atoms with Crippen LogP contribution in [0, 0.1) is 0 Å². The Hall–Kier alpha value is -3.09. The molecule has 0 aliphatic carbocycles. The Morgan fingerprint density at radius 1 is 1.00 bits per heavy atom. The number of phenols is 2. The summed E-state index contributed by atoms with van der Waals surface area (Å²) in [6.07, 6.45) is -0.584. The number of ether oxygens (including phenoxy) is 4. The molecule has 0 aromatic heterocycles. The monoisotopic (exact) mass is 346 g/mol. The third-order valence-electron chi connectivity index (χ3n) is 4.04. The molecule has 0 saturated heterocycles. The minimum Gasteiger partial charge on any atom is -0.508 e. The first-order valence-corrected chi connectivity index (χ1v) is 7.54. The molecule has 2 aromatic carbocycles. The summed E-state index contributed by atoms with van der Waals surface area (Å²) in [5.74, 6) is 0.685. The van der Waals surface area contributed by atoms with E-state index in [1.807, 2.05) is 0 Å². The van der Waals surface area contributed by atoms with E-state index in [1.165, 1.54) is 27.4 Å². The minimum absolute atomic E-state index is 0.0317. The lowest BCUT2D eigenvalue weighted by atomic mass is 9.95. The Morgan fingerprint density at radius 2 is 1.64 bits per heavy atom. The van der Waals surface area contributed by atoms with Crippen molar-refractivity contribution in [1.29, 1.82) is 0 Å². The Bertz CT molecular complexity index is 803. The highest BCUT2D eigenvalue weighted by molar-refractivity contribution is 6.02. The van der Waals surface area contributed by atoms with E-state index < -0.39 is 6.10 Å². The number of phenolic OH excluding ortho intramolecular Hbond substituents is 2. The van der Waals surface area contributed by atoms with Gasteiger partial charge in [0.25, 0.3) is 0 Å². The molecule has 1 atom stereocenters. The van der Waals surface area contributed by atoms with Crippen molar-refractivity contribution in [2.24, 2.45) is 0 Å². The van der Waals surface area contributed by atoms with Gasteiger partial charge in [0.1, 0.15) is 28.9 Å². The van der Waals surface area contributed by atoms with Crippen LogP contribution in [0.1, 0.15) is 28.4 Å². The quantitative estimate of drug-likeness (QED) is 0.879. The molecule has 0 spiro atoms. The molecule has 2 aromatic rings. The van der Waals surface area contributed by atoms with Crippen LogP contribution in [0.15, 0.2) is 24.3 Å². The summed E-state index contributed by atoms with van der Waals surface area (Å²) in [5.41, 5.74) is 0.720. The molecule has 7 heteroatoms. The van der Waals surface area contributed by atoms with Crippen molar-refractivity contribution < 1.29 is 34.0 Å². The molecule has 0 fully saturated rings. The van der Waals surface area contributed by atoms with Gasteiger partial charge in [0.2, 0.25) is 5.75 Å². The van der Waals surface area contributed by atoms with E-state index in [0.717, 1.165) is 6.07 Å². The smallest absolute Gasteiger partial charge is 0.203 e. The number of carbonyl (C=O) groups excluding carboxylic acids is 1. The zero-order chi connectivity index (χ0) is 18.1. The fourth-order valence-electron chi connectivity index (χ4n) is 2.90. The maximum Gasteiger partial charge on any atom is 0.203 e. The van der Waals surface area contributed by atoms with Crippen molar-refractivity contribution in [2.75, 3.05) is 21.3 Å². The van der Waals surface area contributed by atoms with E-state index in [2.05, 4.69) is 0 Å². The summed E-state index contributed by atoms with van der Waals surface area (Å²) in [6, 6.07) is 5.82. The summed E-state index contributed by atoms with van der Waals surface area (Å²) in [4.78, 5) is 12.4. The number of methoxy groups -OCH3 is 3. The second-order valence-corrected chi connectivity index (χ2v) is 5.53. The van der Waals surface area contributed by atoms with Gasteiger partial charge in [-0.1, -0.05) is 0 Å². The maximum absolute atomic E-state index is 12.4. The predicted molar refractivity (Wildman–Crippen MR) is 88.2 cm³/mol. The van der Waals surface area contributed by atoms with Crippen LogP contribution in [-0.2, 0) is 0 Å². The number of benzene rings is 2. The number of hydrogen-bond donors (Lipinski definition) is 2. The van der Waals surface area contributed by atoms with Crippen LogP contribution in [0.2, 0.25) is 0 Å². The number of rotatable bonds is 4. The predicted octanol–water partition coefficient (Wildman–Crippen LogP) is 2.83. The van der Waals surface area contributed by atoms with Gasteiger partial charge in [-0.05, 0) is 12.1 Å². The van der Waals surface area contributed by atoms with Gasteiger partial charge in [-0.25, -0.2) is 0 Å². The van der Waals surface area contributed by atoms with Gasteiger partial charge < -0.3 is 29.2 Å². The number of carbonyl (C=O) groups is 1. The van der Waals surface area contributed by atoms with E-state index in [4.69, 9.17) is 18.9 Å². The zero-order valence-electron chi connectivity index (χ0n) is 14.0. The number of fused-ring (bicyclic) bond motifs is 1. The number of aromatic hydroxyl groups is 2. The molecule has 2 N–H and O–H groups in total. The normalized spacial score (nSPS) is 16.0. The number of ketones is 1. The third-order valence-corrected chi connectivity index (χ3v) is 4.04. The molecule has 3 rings (SSSR count). The Labute approximate surface area is 144 Å². The van der Waals surface area contributed by atoms with Gasteiger partial charge >= 0.3 is 0 Å². The van der Waals surface area contributed by atoms with Crippen LogP contribution in [0.5, 0.6) is 34.5 Å². The van der Waals surface area contributed by atoms with Gasteiger partial charge in [0.15, 0.2) is 17.3 Å². The maximum atomic E-state index is 12.4. The molecule has 7 nitrogen and oxygen atoms in total.